The van der Waals surface area contributed by atoms with Crippen LogP contribution in [0.2, 0.25) is 0 Å². The maximum absolute atomic E-state index is 13.3. The Hall–Kier alpha value is -3.82. The van der Waals surface area contributed by atoms with E-state index in [1.807, 2.05) is 18.2 Å². The normalized spacial score (nSPS) is 16.6. The molecule has 0 aliphatic carbocycles. The molecule has 1 unspecified atom stereocenters. The van der Waals surface area contributed by atoms with Gasteiger partial charge in [-0.3, -0.25) is 19.5 Å². The van der Waals surface area contributed by atoms with Gasteiger partial charge < -0.3 is 20.6 Å². The van der Waals surface area contributed by atoms with E-state index in [2.05, 4.69) is 25.5 Å². The molecule has 2 aliphatic rings. The second-order valence-corrected chi connectivity index (χ2v) is 8.76. The molecule has 1 fully saturated rings. The lowest BCUT2D eigenvalue weighted by Crippen LogP contribution is -2.43. The summed E-state index contributed by atoms with van der Waals surface area (Å²) in [5.41, 5.74) is 3.96. The Morgan fingerprint density at radius 1 is 1.14 bits per heavy atom. The standard InChI is InChI=1S/C26H28N6O3/c1-17(33)19-6-5-18-8-12-32(26(35)20(18)15-19)24-4-2-3-21(29-24)25(34)30-22-16-28-9-7-23(22)31-13-10-27-11-14-31/h2-7,9,15-17,27,33H,8,10-14H2,1H3,(H,30,34). The Morgan fingerprint density at radius 3 is 2.77 bits per heavy atom. The monoisotopic (exact) mass is 472 g/mol. The van der Waals surface area contributed by atoms with Gasteiger partial charge in [-0.2, -0.15) is 0 Å². The predicted octanol–water partition coefficient (Wildman–Crippen LogP) is 2.39. The Balaban J connectivity index is 1.37. The molecule has 35 heavy (non-hydrogen) atoms. The highest BCUT2D eigenvalue weighted by Gasteiger charge is 2.27. The number of anilines is 3. The van der Waals surface area contributed by atoms with Gasteiger partial charge in [-0.25, -0.2) is 4.98 Å². The van der Waals surface area contributed by atoms with Crippen molar-refractivity contribution in [1.82, 2.24) is 15.3 Å². The third-order valence-corrected chi connectivity index (χ3v) is 6.44. The highest BCUT2D eigenvalue weighted by Crippen LogP contribution is 2.28. The summed E-state index contributed by atoms with van der Waals surface area (Å²) in [5.74, 6) is -0.131. The van der Waals surface area contributed by atoms with Gasteiger partial charge >= 0.3 is 0 Å². The molecule has 1 saturated heterocycles. The van der Waals surface area contributed by atoms with Crippen molar-refractivity contribution in [3.8, 4) is 0 Å². The van der Waals surface area contributed by atoms with Crippen molar-refractivity contribution in [3.63, 3.8) is 0 Å². The van der Waals surface area contributed by atoms with Crippen LogP contribution in [0.3, 0.4) is 0 Å². The van der Waals surface area contributed by atoms with E-state index in [1.54, 1.807) is 48.5 Å². The smallest absolute Gasteiger partial charge is 0.274 e. The molecule has 2 aromatic heterocycles. The fraction of sp³-hybridized carbons (Fsp3) is 0.308. The van der Waals surface area contributed by atoms with Crippen LogP contribution in [0.1, 0.15) is 45.0 Å². The second-order valence-electron chi connectivity index (χ2n) is 8.76. The van der Waals surface area contributed by atoms with E-state index in [0.29, 0.717) is 35.6 Å². The number of benzene rings is 1. The molecule has 9 heteroatoms. The van der Waals surface area contributed by atoms with Crippen molar-refractivity contribution in [2.24, 2.45) is 0 Å². The molecule has 1 atom stereocenters. The average Bonchev–Trinajstić information content (AvgIpc) is 2.89. The topological polar surface area (TPSA) is 111 Å². The van der Waals surface area contributed by atoms with Gasteiger partial charge in [0.15, 0.2) is 0 Å². The maximum Gasteiger partial charge on any atom is 0.274 e. The van der Waals surface area contributed by atoms with Gasteiger partial charge in [0.2, 0.25) is 0 Å². The van der Waals surface area contributed by atoms with Gasteiger partial charge in [0, 0.05) is 44.5 Å². The van der Waals surface area contributed by atoms with Crippen LogP contribution in [-0.4, -0.2) is 59.6 Å². The third-order valence-electron chi connectivity index (χ3n) is 6.44. The van der Waals surface area contributed by atoms with E-state index in [9.17, 15) is 14.7 Å². The molecular formula is C26H28N6O3. The van der Waals surface area contributed by atoms with E-state index < -0.39 is 6.10 Å². The number of aliphatic hydroxyl groups is 1. The van der Waals surface area contributed by atoms with E-state index in [1.165, 1.54) is 0 Å². The van der Waals surface area contributed by atoms with Crippen LogP contribution in [0.25, 0.3) is 0 Å². The van der Waals surface area contributed by atoms with Crippen molar-refractivity contribution in [2.45, 2.75) is 19.4 Å². The molecule has 2 aliphatic heterocycles. The predicted molar refractivity (Wildman–Crippen MR) is 134 cm³/mol. The lowest BCUT2D eigenvalue weighted by atomic mass is 9.95. The number of carbonyl (C=O) groups is 2. The van der Waals surface area contributed by atoms with Gasteiger partial charge in [0.05, 0.1) is 23.7 Å². The highest BCUT2D eigenvalue weighted by atomic mass is 16.3. The summed E-state index contributed by atoms with van der Waals surface area (Å²) >= 11 is 0. The minimum atomic E-state index is -0.660. The van der Waals surface area contributed by atoms with Gasteiger partial charge in [-0.05, 0) is 48.7 Å². The molecule has 4 heterocycles. The number of amides is 2. The van der Waals surface area contributed by atoms with Gasteiger partial charge in [0.1, 0.15) is 11.5 Å². The Morgan fingerprint density at radius 2 is 1.97 bits per heavy atom. The molecule has 1 aromatic carbocycles. The van der Waals surface area contributed by atoms with E-state index >= 15 is 0 Å². The summed E-state index contributed by atoms with van der Waals surface area (Å²) in [6.45, 7) is 5.59. The van der Waals surface area contributed by atoms with E-state index in [4.69, 9.17) is 0 Å². The van der Waals surface area contributed by atoms with Gasteiger partial charge in [-0.1, -0.05) is 18.2 Å². The maximum atomic E-state index is 13.3. The first-order chi connectivity index (χ1) is 17.0. The summed E-state index contributed by atoms with van der Waals surface area (Å²) in [5, 5.41) is 16.2. The van der Waals surface area contributed by atoms with Crippen LogP contribution >= 0.6 is 0 Å². The molecular weight excluding hydrogens is 444 g/mol. The molecule has 0 bridgehead atoms. The van der Waals surface area contributed by atoms with Crippen molar-refractivity contribution in [1.29, 1.82) is 0 Å². The zero-order valence-electron chi connectivity index (χ0n) is 19.6. The largest absolute Gasteiger partial charge is 0.389 e. The molecule has 0 radical (unpaired) electrons. The molecule has 9 nitrogen and oxygen atoms in total. The minimum absolute atomic E-state index is 0.188. The van der Waals surface area contributed by atoms with Crippen molar-refractivity contribution in [2.75, 3.05) is 47.8 Å². The summed E-state index contributed by atoms with van der Waals surface area (Å²) in [6.07, 6.45) is 3.37. The van der Waals surface area contributed by atoms with Crippen LogP contribution in [0, 0.1) is 0 Å². The molecule has 0 saturated carbocycles. The zero-order valence-corrected chi connectivity index (χ0v) is 19.6. The number of aromatic nitrogens is 2. The number of aliphatic hydroxyl groups excluding tert-OH is 1. The molecule has 180 valence electrons. The Kier molecular flexibility index (Phi) is 6.43. The number of hydrogen-bond donors (Lipinski definition) is 3. The van der Waals surface area contributed by atoms with E-state index in [-0.39, 0.29) is 17.5 Å². The number of hydrogen-bond acceptors (Lipinski definition) is 7. The fourth-order valence-corrected chi connectivity index (χ4v) is 4.52. The average molecular weight is 473 g/mol. The van der Waals surface area contributed by atoms with Gasteiger partial charge in [0.25, 0.3) is 11.8 Å². The highest BCUT2D eigenvalue weighted by molar-refractivity contribution is 6.09. The second kappa shape index (κ2) is 9.81. The SMILES string of the molecule is CC(O)c1ccc2c(c1)C(=O)N(c1cccc(C(=O)Nc3cnccc3N3CCNCC3)n1)CC2. The number of piperazine rings is 1. The number of rotatable bonds is 5. The van der Waals surface area contributed by atoms with E-state index in [0.717, 1.165) is 37.4 Å². The number of fused-ring (bicyclic) bond motifs is 1. The number of nitrogens with one attached hydrogen (secondary N) is 2. The van der Waals surface area contributed by atoms with Crippen LogP contribution in [0.15, 0.2) is 54.9 Å². The molecule has 0 spiro atoms. The first kappa shape index (κ1) is 22.9. The summed E-state index contributed by atoms with van der Waals surface area (Å²) in [6, 6.07) is 12.5. The molecule has 2 amide bonds. The van der Waals surface area contributed by atoms with Crippen LogP contribution in [0.5, 0.6) is 0 Å². The number of carbonyl (C=O) groups excluding carboxylic acids is 2. The lowest BCUT2D eigenvalue weighted by Gasteiger charge is -2.30. The summed E-state index contributed by atoms with van der Waals surface area (Å²) in [4.78, 5) is 38.9. The minimum Gasteiger partial charge on any atom is -0.389 e. The third kappa shape index (κ3) is 4.73. The molecule has 3 N–H and O–H groups in total. The van der Waals surface area contributed by atoms with Crippen molar-refractivity contribution >= 4 is 29.0 Å². The molecule has 5 rings (SSSR count). The first-order valence-corrected chi connectivity index (χ1v) is 11.8. The summed E-state index contributed by atoms with van der Waals surface area (Å²) in [7, 11) is 0. The van der Waals surface area contributed by atoms with Crippen LogP contribution in [0.4, 0.5) is 17.2 Å². The summed E-state index contributed by atoms with van der Waals surface area (Å²) < 4.78 is 0. The van der Waals surface area contributed by atoms with Crippen LogP contribution in [-0.2, 0) is 6.42 Å². The molecule has 3 aromatic rings. The number of pyridine rings is 2. The Labute approximate surface area is 203 Å². The number of nitrogens with zero attached hydrogens (tertiary/aromatic N) is 4. The van der Waals surface area contributed by atoms with Gasteiger partial charge in [-0.15, -0.1) is 0 Å². The quantitative estimate of drug-likeness (QED) is 0.523. The van der Waals surface area contributed by atoms with Crippen molar-refractivity contribution in [3.05, 3.63) is 77.2 Å². The van der Waals surface area contributed by atoms with Crippen LogP contribution < -0.4 is 20.4 Å². The lowest BCUT2D eigenvalue weighted by molar-refractivity contribution is 0.0975. The first-order valence-electron chi connectivity index (χ1n) is 11.8. The Bertz CT molecular complexity index is 1260. The van der Waals surface area contributed by atoms with Crippen molar-refractivity contribution < 1.29 is 14.7 Å². The zero-order chi connectivity index (χ0) is 24.4. The fourth-order valence-electron chi connectivity index (χ4n) is 4.52.